The highest BCUT2D eigenvalue weighted by atomic mass is 35.5. The second-order valence-corrected chi connectivity index (χ2v) is 2.97. The van der Waals surface area contributed by atoms with E-state index >= 15 is 0 Å². The van der Waals surface area contributed by atoms with Gasteiger partial charge in [-0.3, -0.25) is 0 Å². The molecule has 1 aliphatic carbocycles. The Morgan fingerprint density at radius 3 is 2.79 bits per heavy atom. The Bertz CT molecular complexity index is 383. The lowest BCUT2D eigenvalue weighted by Gasteiger charge is -2.02. The first-order chi connectivity index (χ1) is 6.33. The van der Waals surface area contributed by atoms with E-state index in [-0.39, 0.29) is 18.4 Å². The molecule has 1 aromatic rings. The van der Waals surface area contributed by atoms with Gasteiger partial charge in [0, 0.05) is 0 Å². The van der Waals surface area contributed by atoms with Crippen LogP contribution >= 0.6 is 12.4 Å². The summed E-state index contributed by atoms with van der Waals surface area (Å²) in [5.74, 6) is -0.245. The molecule has 1 aromatic carbocycles. The van der Waals surface area contributed by atoms with E-state index in [4.69, 9.17) is 0 Å². The van der Waals surface area contributed by atoms with Gasteiger partial charge in [0.25, 0.3) is 0 Å². The minimum atomic E-state index is -0.245. The van der Waals surface area contributed by atoms with Crippen LogP contribution in [0.3, 0.4) is 0 Å². The van der Waals surface area contributed by atoms with Crippen molar-refractivity contribution < 1.29 is 9.53 Å². The molecule has 0 saturated carbocycles. The molecule has 0 fully saturated rings. The number of fused-ring (bicyclic) bond motifs is 1. The molecule has 0 aliphatic heterocycles. The van der Waals surface area contributed by atoms with Crippen molar-refractivity contribution in [3.05, 3.63) is 41.5 Å². The van der Waals surface area contributed by atoms with E-state index in [2.05, 4.69) is 4.74 Å². The number of esters is 1. The molecule has 0 bridgehead atoms. The number of hydrogen-bond acceptors (Lipinski definition) is 2. The van der Waals surface area contributed by atoms with E-state index < -0.39 is 0 Å². The summed E-state index contributed by atoms with van der Waals surface area (Å²) in [5, 5.41) is 0. The first kappa shape index (κ1) is 10.8. The van der Waals surface area contributed by atoms with E-state index in [1.165, 1.54) is 12.7 Å². The Morgan fingerprint density at radius 1 is 1.36 bits per heavy atom. The van der Waals surface area contributed by atoms with Gasteiger partial charge in [0.15, 0.2) is 0 Å². The van der Waals surface area contributed by atoms with Gasteiger partial charge in [0.2, 0.25) is 0 Å². The van der Waals surface area contributed by atoms with Gasteiger partial charge in [-0.15, -0.1) is 12.4 Å². The van der Waals surface area contributed by atoms with Crippen molar-refractivity contribution in [3.8, 4) is 0 Å². The van der Waals surface area contributed by atoms with E-state index in [1.807, 2.05) is 30.3 Å². The monoisotopic (exact) mass is 210 g/mol. The number of hydrogen-bond donors (Lipinski definition) is 0. The third-order valence-electron chi connectivity index (χ3n) is 2.24. The molecule has 0 radical (unpaired) electrons. The quantitative estimate of drug-likeness (QED) is 0.665. The summed E-state index contributed by atoms with van der Waals surface area (Å²) in [4.78, 5) is 11.3. The lowest BCUT2D eigenvalue weighted by molar-refractivity contribution is -0.133. The Labute approximate surface area is 89.0 Å². The Balaban J connectivity index is 0.000000980. The molecule has 3 heteroatoms. The van der Waals surface area contributed by atoms with Crippen molar-refractivity contribution in [2.45, 2.75) is 6.42 Å². The standard InChI is InChI=1S/C11H10O2.ClH/c1-13-11(12)10-7-6-8-4-2-3-5-9(8)10;/h2-5,7H,6H2,1H3;1H. The molecule has 1 aliphatic rings. The maximum absolute atomic E-state index is 11.3. The zero-order chi connectivity index (χ0) is 9.26. The van der Waals surface area contributed by atoms with Gasteiger partial charge < -0.3 is 4.74 Å². The summed E-state index contributed by atoms with van der Waals surface area (Å²) in [5.41, 5.74) is 2.90. The third-order valence-corrected chi connectivity index (χ3v) is 2.24. The van der Waals surface area contributed by atoms with Crippen LogP contribution in [0, 0.1) is 0 Å². The van der Waals surface area contributed by atoms with Gasteiger partial charge >= 0.3 is 5.97 Å². The average Bonchev–Trinajstić information content (AvgIpc) is 2.60. The van der Waals surface area contributed by atoms with Crippen LogP contribution in [0.15, 0.2) is 30.3 Å². The van der Waals surface area contributed by atoms with Gasteiger partial charge in [0.05, 0.1) is 12.7 Å². The maximum atomic E-state index is 11.3. The SMILES string of the molecule is COC(=O)C1=CCc2ccccc21.Cl. The fraction of sp³-hybridized carbons (Fsp3) is 0.182. The van der Waals surface area contributed by atoms with Gasteiger partial charge in [0.1, 0.15) is 0 Å². The van der Waals surface area contributed by atoms with E-state index in [0.717, 1.165) is 12.0 Å². The van der Waals surface area contributed by atoms with E-state index in [9.17, 15) is 4.79 Å². The predicted molar refractivity (Wildman–Crippen MR) is 57.4 cm³/mol. The molecule has 0 heterocycles. The van der Waals surface area contributed by atoms with Crippen molar-refractivity contribution in [2.75, 3.05) is 7.11 Å². The lowest BCUT2D eigenvalue weighted by atomic mass is 10.1. The third kappa shape index (κ3) is 1.66. The lowest BCUT2D eigenvalue weighted by Crippen LogP contribution is -2.02. The highest BCUT2D eigenvalue weighted by Crippen LogP contribution is 2.27. The number of carbonyl (C=O) groups is 1. The molecule has 14 heavy (non-hydrogen) atoms. The Morgan fingerprint density at radius 2 is 2.07 bits per heavy atom. The molecule has 0 atom stereocenters. The predicted octanol–water partition coefficient (Wildman–Crippen LogP) is 2.22. The molecular weight excluding hydrogens is 200 g/mol. The first-order valence-corrected chi connectivity index (χ1v) is 4.19. The number of ether oxygens (including phenoxy) is 1. The number of rotatable bonds is 1. The molecule has 0 aromatic heterocycles. The topological polar surface area (TPSA) is 26.3 Å². The van der Waals surface area contributed by atoms with Crippen molar-refractivity contribution >= 4 is 23.9 Å². The van der Waals surface area contributed by atoms with Crippen LogP contribution in [0.4, 0.5) is 0 Å². The normalized spacial score (nSPS) is 12.5. The Kier molecular flexibility index (Phi) is 3.31. The summed E-state index contributed by atoms with van der Waals surface area (Å²) >= 11 is 0. The first-order valence-electron chi connectivity index (χ1n) is 4.19. The van der Waals surface area contributed by atoms with Gasteiger partial charge in [-0.25, -0.2) is 4.79 Å². The molecular formula is C11H11ClO2. The minimum absolute atomic E-state index is 0. The summed E-state index contributed by atoms with van der Waals surface area (Å²) in [6.07, 6.45) is 2.75. The van der Waals surface area contributed by atoms with Crippen molar-refractivity contribution in [1.82, 2.24) is 0 Å². The van der Waals surface area contributed by atoms with Crippen LogP contribution in [0.2, 0.25) is 0 Å². The maximum Gasteiger partial charge on any atom is 0.338 e. The van der Waals surface area contributed by atoms with Crippen molar-refractivity contribution in [2.24, 2.45) is 0 Å². The molecule has 2 nitrogen and oxygen atoms in total. The largest absolute Gasteiger partial charge is 0.465 e. The van der Waals surface area contributed by atoms with Crippen LogP contribution in [0.1, 0.15) is 11.1 Å². The number of carbonyl (C=O) groups excluding carboxylic acids is 1. The van der Waals surface area contributed by atoms with Crippen LogP contribution in [0.25, 0.3) is 5.57 Å². The molecule has 74 valence electrons. The van der Waals surface area contributed by atoms with Gasteiger partial charge in [-0.1, -0.05) is 30.3 Å². The number of allylic oxidation sites excluding steroid dienone is 1. The molecule has 2 rings (SSSR count). The number of benzene rings is 1. The van der Waals surface area contributed by atoms with E-state index in [0.29, 0.717) is 5.57 Å². The molecule has 0 spiro atoms. The molecule has 0 saturated heterocycles. The smallest absolute Gasteiger partial charge is 0.338 e. The van der Waals surface area contributed by atoms with E-state index in [1.54, 1.807) is 0 Å². The van der Waals surface area contributed by atoms with Crippen LogP contribution in [0.5, 0.6) is 0 Å². The van der Waals surface area contributed by atoms with Crippen molar-refractivity contribution in [3.63, 3.8) is 0 Å². The number of halogens is 1. The summed E-state index contributed by atoms with van der Waals surface area (Å²) in [6, 6.07) is 7.89. The molecule has 0 N–H and O–H groups in total. The zero-order valence-corrected chi connectivity index (χ0v) is 8.64. The summed E-state index contributed by atoms with van der Waals surface area (Å²) in [7, 11) is 1.41. The summed E-state index contributed by atoms with van der Waals surface area (Å²) in [6.45, 7) is 0. The zero-order valence-electron chi connectivity index (χ0n) is 7.82. The van der Waals surface area contributed by atoms with Crippen LogP contribution in [-0.2, 0) is 16.0 Å². The number of methoxy groups -OCH3 is 1. The minimum Gasteiger partial charge on any atom is -0.465 e. The van der Waals surface area contributed by atoms with Crippen molar-refractivity contribution in [1.29, 1.82) is 0 Å². The fourth-order valence-electron chi connectivity index (χ4n) is 1.59. The highest BCUT2D eigenvalue weighted by molar-refractivity contribution is 6.17. The average molecular weight is 211 g/mol. The van der Waals surface area contributed by atoms with Crippen LogP contribution in [-0.4, -0.2) is 13.1 Å². The second-order valence-electron chi connectivity index (χ2n) is 2.97. The van der Waals surface area contributed by atoms with Gasteiger partial charge in [-0.05, 0) is 17.5 Å². The fourth-order valence-corrected chi connectivity index (χ4v) is 1.59. The summed E-state index contributed by atoms with van der Waals surface area (Å²) < 4.78 is 4.68. The van der Waals surface area contributed by atoms with Gasteiger partial charge in [-0.2, -0.15) is 0 Å². The molecule has 0 amide bonds. The van der Waals surface area contributed by atoms with Crippen LogP contribution < -0.4 is 0 Å². The highest BCUT2D eigenvalue weighted by Gasteiger charge is 2.19. The Hall–Kier alpha value is -1.28. The molecule has 0 unspecified atom stereocenters. The second kappa shape index (κ2) is 4.29.